The molecular formula is C30H29N7O2. The summed E-state index contributed by atoms with van der Waals surface area (Å²) < 4.78 is 6.89. The normalized spacial score (nSPS) is 17.2. The average molecular weight is 520 g/mol. The van der Waals surface area contributed by atoms with Gasteiger partial charge in [0.25, 0.3) is 0 Å². The number of fused-ring (bicyclic) bond motifs is 1. The highest BCUT2D eigenvalue weighted by molar-refractivity contribution is 5.84. The van der Waals surface area contributed by atoms with Gasteiger partial charge >= 0.3 is 5.97 Å². The molecule has 3 N–H and O–H groups in total. The van der Waals surface area contributed by atoms with Crippen molar-refractivity contribution in [3.05, 3.63) is 79.1 Å². The molecule has 1 fully saturated rings. The standard InChI is InChI=1S/C30H29N7O2/c1-39-30(38)20-9-11-21(12-10-20)34-26-16-13-22(18-33-26)37-28(23-8-5-17-32-27(23)31)36-25-15-14-24(35-29(25)37)19-6-3-2-4-7-19/h2-8,13-18,20-21H,9-12H2,1H3,(H2,31,32)(H,33,34). The van der Waals surface area contributed by atoms with Gasteiger partial charge in [0.15, 0.2) is 11.5 Å². The van der Waals surface area contributed by atoms with Gasteiger partial charge in [-0.05, 0) is 62.1 Å². The van der Waals surface area contributed by atoms with Crippen molar-refractivity contribution in [2.75, 3.05) is 18.2 Å². The molecule has 196 valence electrons. The van der Waals surface area contributed by atoms with Gasteiger partial charge in [-0.1, -0.05) is 30.3 Å². The number of nitrogen functional groups attached to an aromatic ring is 1. The predicted octanol–water partition coefficient (Wildman–Crippen LogP) is 5.27. The number of nitrogens with one attached hydrogen (secondary N) is 1. The molecule has 6 rings (SSSR count). The van der Waals surface area contributed by atoms with Crippen molar-refractivity contribution in [1.82, 2.24) is 24.5 Å². The Morgan fingerprint density at radius 3 is 2.49 bits per heavy atom. The van der Waals surface area contributed by atoms with E-state index in [4.69, 9.17) is 25.4 Å². The van der Waals surface area contributed by atoms with Gasteiger partial charge in [0.05, 0.1) is 36.2 Å². The van der Waals surface area contributed by atoms with E-state index >= 15 is 0 Å². The molecule has 1 aliphatic carbocycles. The molecular weight excluding hydrogens is 490 g/mol. The first-order valence-electron chi connectivity index (χ1n) is 13.1. The van der Waals surface area contributed by atoms with Crippen LogP contribution in [0, 0.1) is 5.92 Å². The maximum absolute atomic E-state index is 11.8. The fourth-order valence-electron chi connectivity index (χ4n) is 5.21. The summed E-state index contributed by atoms with van der Waals surface area (Å²) in [6.07, 6.45) is 6.90. The van der Waals surface area contributed by atoms with E-state index in [9.17, 15) is 4.79 Å². The van der Waals surface area contributed by atoms with Crippen molar-refractivity contribution in [3.63, 3.8) is 0 Å². The van der Waals surface area contributed by atoms with E-state index in [-0.39, 0.29) is 17.9 Å². The van der Waals surface area contributed by atoms with Crippen molar-refractivity contribution in [3.8, 4) is 28.3 Å². The lowest BCUT2D eigenvalue weighted by atomic mass is 9.86. The van der Waals surface area contributed by atoms with Crippen LogP contribution in [0.5, 0.6) is 0 Å². The summed E-state index contributed by atoms with van der Waals surface area (Å²) in [4.78, 5) is 30.7. The van der Waals surface area contributed by atoms with Crippen molar-refractivity contribution < 1.29 is 9.53 Å². The molecule has 9 heteroatoms. The number of pyridine rings is 3. The zero-order valence-electron chi connectivity index (χ0n) is 21.6. The molecule has 1 aliphatic rings. The minimum Gasteiger partial charge on any atom is -0.469 e. The summed E-state index contributed by atoms with van der Waals surface area (Å²) in [6, 6.07) is 22.0. The Kier molecular flexibility index (Phi) is 6.62. The third kappa shape index (κ3) is 4.90. The van der Waals surface area contributed by atoms with Crippen molar-refractivity contribution in [2.45, 2.75) is 31.7 Å². The third-order valence-electron chi connectivity index (χ3n) is 7.27. The van der Waals surface area contributed by atoms with E-state index in [1.807, 2.05) is 77.5 Å². The van der Waals surface area contributed by atoms with Gasteiger partial charge in [-0.15, -0.1) is 0 Å². The maximum atomic E-state index is 11.8. The summed E-state index contributed by atoms with van der Waals surface area (Å²) in [5, 5.41) is 3.52. The Balaban J connectivity index is 1.35. The zero-order valence-corrected chi connectivity index (χ0v) is 21.6. The summed E-state index contributed by atoms with van der Waals surface area (Å²) in [6.45, 7) is 0. The van der Waals surface area contributed by atoms with Gasteiger partial charge in [-0.2, -0.15) is 0 Å². The molecule has 0 amide bonds. The number of nitrogens with zero attached hydrogens (tertiary/aromatic N) is 5. The quantitative estimate of drug-likeness (QED) is 0.291. The zero-order chi connectivity index (χ0) is 26.8. The highest BCUT2D eigenvalue weighted by Gasteiger charge is 2.27. The Morgan fingerprint density at radius 2 is 1.77 bits per heavy atom. The fraction of sp³-hybridized carbons (Fsp3) is 0.233. The number of rotatable bonds is 6. The van der Waals surface area contributed by atoms with Gasteiger partial charge in [0, 0.05) is 17.8 Å². The molecule has 0 aliphatic heterocycles. The summed E-state index contributed by atoms with van der Waals surface area (Å²) in [7, 11) is 1.45. The summed E-state index contributed by atoms with van der Waals surface area (Å²) >= 11 is 0. The number of nitrogens with two attached hydrogens (primary N) is 1. The number of esters is 1. The van der Waals surface area contributed by atoms with Crippen LogP contribution in [0.25, 0.3) is 39.5 Å². The smallest absolute Gasteiger partial charge is 0.308 e. The number of ether oxygens (including phenoxy) is 1. The molecule has 1 aromatic carbocycles. The number of aromatic nitrogens is 5. The van der Waals surface area contributed by atoms with Crippen LogP contribution < -0.4 is 11.1 Å². The molecule has 0 radical (unpaired) electrons. The third-order valence-corrected chi connectivity index (χ3v) is 7.27. The van der Waals surface area contributed by atoms with Crippen molar-refractivity contribution in [2.24, 2.45) is 5.92 Å². The van der Waals surface area contributed by atoms with Crippen molar-refractivity contribution >= 4 is 28.8 Å². The van der Waals surface area contributed by atoms with E-state index in [0.29, 0.717) is 17.3 Å². The van der Waals surface area contributed by atoms with Crippen molar-refractivity contribution in [1.29, 1.82) is 0 Å². The first-order chi connectivity index (χ1) is 19.1. The van der Waals surface area contributed by atoms with Gasteiger partial charge in [0.2, 0.25) is 0 Å². The van der Waals surface area contributed by atoms with Crippen LogP contribution in [0.1, 0.15) is 25.7 Å². The number of benzene rings is 1. The lowest BCUT2D eigenvalue weighted by molar-refractivity contribution is -0.146. The van der Waals surface area contributed by atoms with Crippen LogP contribution in [0.4, 0.5) is 11.6 Å². The lowest BCUT2D eigenvalue weighted by Gasteiger charge is -2.28. The molecule has 4 aromatic heterocycles. The highest BCUT2D eigenvalue weighted by atomic mass is 16.5. The van der Waals surface area contributed by atoms with Gasteiger partial charge in [0.1, 0.15) is 17.2 Å². The number of methoxy groups -OCH3 is 1. The number of hydrogen-bond acceptors (Lipinski definition) is 8. The number of carbonyl (C=O) groups excluding carboxylic acids is 1. The fourth-order valence-corrected chi connectivity index (χ4v) is 5.21. The van der Waals surface area contributed by atoms with Crippen LogP contribution in [-0.2, 0) is 9.53 Å². The summed E-state index contributed by atoms with van der Waals surface area (Å²) in [5.74, 6) is 1.70. The van der Waals surface area contributed by atoms with Gasteiger partial charge in [-0.3, -0.25) is 9.36 Å². The molecule has 0 atom stereocenters. The van der Waals surface area contributed by atoms with E-state index in [1.165, 1.54) is 7.11 Å². The predicted molar refractivity (Wildman–Crippen MR) is 151 cm³/mol. The number of carbonyl (C=O) groups is 1. The van der Waals surface area contributed by atoms with E-state index in [2.05, 4.69) is 10.3 Å². The Bertz CT molecular complexity index is 1610. The number of hydrogen-bond donors (Lipinski definition) is 2. The Hall–Kier alpha value is -4.79. The number of anilines is 2. The largest absolute Gasteiger partial charge is 0.469 e. The molecule has 0 unspecified atom stereocenters. The Labute approximate surface area is 226 Å². The van der Waals surface area contributed by atoms with Crippen LogP contribution >= 0.6 is 0 Å². The molecule has 9 nitrogen and oxygen atoms in total. The first-order valence-corrected chi connectivity index (χ1v) is 13.1. The van der Waals surface area contributed by atoms with Crippen LogP contribution in [0.3, 0.4) is 0 Å². The second-order valence-corrected chi connectivity index (χ2v) is 9.73. The lowest BCUT2D eigenvalue weighted by Crippen LogP contribution is -2.30. The molecule has 1 saturated carbocycles. The first kappa shape index (κ1) is 24.5. The molecule has 0 bridgehead atoms. The van der Waals surface area contributed by atoms with Crippen LogP contribution in [0.15, 0.2) is 79.1 Å². The van der Waals surface area contributed by atoms with E-state index in [0.717, 1.165) is 59.5 Å². The minimum atomic E-state index is -0.113. The second-order valence-electron chi connectivity index (χ2n) is 9.73. The minimum absolute atomic E-state index is 0.00971. The van der Waals surface area contributed by atoms with Gasteiger partial charge < -0.3 is 15.8 Å². The number of imidazole rings is 1. The maximum Gasteiger partial charge on any atom is 0.308 e. The topological polar surface area (TPSA) is 121 Å². The summed E-state index contributed by atoms with van der Waals surface area (Å²) in [5.41, 5.74) is 11.1. The van der Waals surface area contributed by atoms with Gasteiger partial charge in [-0.25, -0.2) is 19.9 Å². The molecule has 5 aromatic rings. The Morgan fingerprint density at radius 1 is 0.949 bits per heavy atom. The highest BCUT2D eigenvalue weighted by Crippen LogP contribution is 2.32. The van der Waals surface area contributed by atoms with E-state index in [1.54, 1.807) is 6.20 Å². The molecule has 0 saturated heterocycles. The molecule has 39 heavy (non-hydrogen) atoms. The van der Waals surface area contributed by atoms with Crippen LogP contribution in [0.2, 0.25) is 0 Å². The second kappa shape index (κ2) is 10.5. The SMILES string of the molecule is COC(=O)C1CCC(Nc2ccc(-n3c(-c4cccnc4N)nc4ccc(-c5ccccc5)nc43)cn2)CC1. The van der Waals surface area contributed by atoms with Crippen LogP contribution in [-0.4, -0.2) is 43.6 Å². The average Bonchev–Trinajstić information content (AvgIpc) is 3.37. The molecule has 4 heterocycles. The monoisotopic (exact) mass is 519 g/mol. The molecule has 0 spiro atoms. The van der Waals surface area contributed by atoms with E-state index < -0.39 is 0 Å².